The van der Waals surface area contributed by atoms with E-state index in [0.717, 1.165) is 25.6 Å². The highest BCUT2D eigenvalue weighted by Crippen LogP contribution is 2.20. The summed E-state index contributed by atoms with van der Waals surface area (Å²) in [7, 11) is 0. The molecule has 6 nitrogen and oxygen atoms in total. The molecule has 2 heterocycles. The van der Waals surface area contributed by atoms with E-state index in [0.29, 0.717) is 12.2 Å². The lowest BCUT2D eigenvalue weighted by Crippen LogP contribution is -2.36. The van der Waals surface area contributed by atoms with Crippen molar-refractivity contribution in [3.63, 3.8) is 0 Å². The summed E-state index contributed by atoms with van der Waals surface area (Å²) in [6, 6.07) is 3.40. The second-order valence-electron chi connectivity index (χ2n) is 5.08. The SMILES string of the molecule is CC1CCN(CCNc2cccnc2[N+](=O)[O-])CC1. The summed E-state index contributed by atoms with van der Waals surface area (Å²) in [5.41, 5.74) is 0.498. The third-order valence-electron chi connectivity index (χ3n) is 3.58. The van der Waals surface area contributed by atoms with E-state index in [-0.39, 0.29) is 5.82 Å². The number of hydrogen-bond donors (Lipinski definition) is 1. The number of nitro groups is 1. The zero-order valence-electron chi connectivity index (χ0n) is 11.2. The van der Waals surface area contributed by atoms with Gasteiger partial charge in [0.2, 0.25) is 0 Å². The highest BCUT2D eigenvalue weighted by molar-refractivity contribution is 5.56. The van der Waals surface area contributed by atoms with Crippen LogP contribution in [0.1, 0.15) is 19.8 Å². The van der Waals surface area contributed by atoms with Gasteiger partial charge in [-0.05, 0) is 53.9 Å². The van der Waals surface area contributed by atoms with Crippen molar-refractivity contribution in [1.29, 1.82) is 0 Å². The number of nitrogens with one attached hydrogen (secondary N) is 1. The van der Waals surface area contributed by atoms with Crippen LogP contribution in [-0.2, 0) is 0 Å². The fourth-order valence-electron chi connectivity index (χ4n) is 2.31. The normalized spacial score (nSPS) is 17.3. The number of hydrogen-bond acceptors (Lipinski definition) is 5. The van der Waals surface area contributed by atoms with Gasteiger partial charge >= 0.3 is 5.82 Å². The second-order valence-corrected chi connectivity index (χ2v) is 5.08. The number of pyridine rings is 1. The molecule has 2 rings (SSSR count). The van der Waals surface area contributed by atoms with Crippen LogP contribution in [0.5, 0.6) is 0 Å². The molecule has 0 radical (unpaired) electrons. The van der Waals surface area contributed by atoms with Crippen LogP contribution in [0.4, 0.5) is 11.5 Å². The first kappa shape index (κ1) is 13.7. The van der Waals surface area contributed by atoms with E-state index >= 15 is 0 Å². The molecule has 0 atom stereocenters. The van der Waals surface area contributed by atoms with Crippen LogP contribution in [0, 0.1) is 16.0 Å². The van der Waals surface area contributed by atoms with Crippen molar-refractivity contribution < 1.29 is 4.92 Å². The van der Waals surface area contributed by atoms with Gasteiger partial charge in [-0.1, -0.05) is 6.92 Å². The molecular weight excluding hydrogens is 244 g/mol. The first-order chi connectivity index (χ1) is 9.16. The van der Waals surface area contributed by atoms with Crippen LogP contribution in [0.2, 0.25) is 0 Å². The number of aromatic nitrogens is 1. The molecule has 0 spiro atoms. The van der Waals surface area contributed by atoms with Crippen molar-refractivity contribution in [1.82, 2.24) is 9.88 Å². The van der Waals surface area contributed by atoms with Crippen molar-refractivity contribution >= 4 is 11.5 Å². The first-order valence-electron chi connectivity index (χ1n) is 6.72. The molecule has 1 aliphatic rings. The molecule has 1 saturated heterocycles. The summed E-state index contributed by atoms with van der Waals surface area (Å²) in [5, 5.41) is 13.9. The van der Waals surface area contributed by atoms with E-state index in [4.69, 9.17) is 0 Å². The van der Waals surface area contributed by atoms with Crippen LogP contribution in [0.3, 0.4) is 0 Å². The number of rotatable bonds is 5. The quantitative estimate of drug-likeness (QED) is 0.651. The third-order valence-corrected chi connectivity index (χ3v) is 3.58. The number of likely N-dealkylation sites (tertiary alicyclic amines) is 1. The molecule has 0 amide bonds. The first-order valence-corrected chi connectivity index (χ1v) is 6.72. The molecule has 0 saturated carbocycles. The Morgan fingerprint density at radius 2 is 2.26 bits per heavy atom. The zero-order chi connectivity index (χ0) is 13.7. The summed E-state index contributed by atoms with van der Waals surface area (Å²) in [6.45, 7) is 6.16. The molecule has 19 heavy (non-hydrogen) atoms. The highest BCUT2D eigenvalue weighted by atomic mass is 16.6. The molecule has 0 aliphatic carbocycles. The van der Waals surface area contributed by atoms with Gasteiger partial charge in [0.25, 0.3) is 0 Å². The van der Waals surface area contributed by atoms with Crippen molar-refractivity contribution in [3.05, 3.63) is 28.4 Å². The summed E-state index contributed by atoms with van der Waals surface area (Å²) in [5.74, 6) is 0.721. The van der Waals surface area contributed by atoms with Crippen molar-refractivity contribution in [2.24, 2.45) is 5.92 Å². The monoisotopic (exact) mass is 264 g/mol. The van der Waals surface area contributed by atoms with E-state index in [2.05, 4.69) is 22.1 Å². The second kappa shape index (κ2) is 6.47. The third kappa shape index (κ3) is 3.89. The van der Waals surface area contributed by atoms with Gasteiger partial charge in [0.15, 0.2) is 0 Å². The van der Waals surface area contributed by atoms with Crippen molar-refractivity contribution in [3.8, 4) is 0 Å². The maximum Gasteiger partial charge on any atom is 0.386 e. The largest absolute Gasteiger partial charge is 0.386 e. The molecule has 1 fully saturated rings. The van der Waals surface area contributed by atoms with Gasteiger partial charge < -0.3 is 20.3 Å². The molecule has 1 aliphatic heterocycles. The van der Waals surface area contributed by atoms with Gasteiger partial charge in [0, 0.05) is 13.1 Å². The molecule has 104 valence electrons. The zero-order valence-corrected chi connectivity index (χ0v) is 11.2. The molecule has 6 heteroatoms. The molecular formula is C13H20N4O2. The van der Waals surface area contributed by atoms with E-state index in [1.165, 1.54) is 19.0 Å². The maximum absolute atomic E-state index is 10.8. The Kier molecular flexibility index (Phi) is 4.68. The Bertz CT molecular complexity index is 430. The van der Waals surface area contributed by atoms with Gasteiger partial charge in [0.1, 0.15) is 11.9 Å². The average Bonchev–Trinajstić information content (AvgIpc) is 2.41. The van der Waals surface area contributed by atoms with Crippen LogP contribution < -0.4 is 5.32 Å². The lowest BCUT2D eigenvalue weighted by Gasteiger charge is -2.30. The fourth-order valence-corrected chi connectivity index (χ4v) is 2.31. The molecule has 0 aromatic carbocycles. The van der Waals surface area contributed by atoms with Gasteiger partial charge in [0.05, 0.1) is 0 Å². The summed E-state index contributed by atoms with van der Waals surface area (Å²) < 4.78 is 0. The van der Waals surface area contributed by atoms with Crippen LogP contribution in [0.25, 0.3) is 0 Å². The Balaban J connectivity index is 1.81. The standard InChI is InChI=1S/C13H20N4O2/c1-11-4-8-16(9-5-11)10-7-14-12-3-2-6-15-13(12)17(18)19/h2-3,6,11,14H,4-5,7-10H2,1H3. The van der Waals surface area contributed by atoms with Crippen molar-refractivity contribution in [2.75, 3.05) is 31.5 Å². The predicted octanol–water partition coefficient (Wildman–Crippen LogP) is 2.13. The van der Waals surface area contributed by atoms with Crippen molar-refractivity contribution in [2.45, 2.75) is 19.8 Å². The summed E-state index contributed by atoms with van der Waals surface area (Å²) in [6.07, 6.45) is 3.93. The van der Waals surface area contributed by atoms with Crippen LogP contribution >= 0.6 is 0 Å². The lowest BCUT2D eigenvalue weighted by atomic mass is 9.99. The van der Waals surface area contributed by atoms with E-state index < -0.39 is 4.92 Å². The fraction of sp³-hybridized carbons (Fsp3) is 0.615. The minimum Gasteiger partial charge on any atom is -0.377 e. The molecule has 1 aromatic rings. The smallest absolute Gasteiger partial charge is 0.377 e. The Labute approximate surface area is 113 Å². The Morgan fingerprint density at radius 1 is 1.53 bits per heavy atom. The number of piperidine rings is 1. The Hall–Kier alpha value is -1.69. The maximum atomic E-state index is 10.8. The van der Waals surface area contributed by atoms with Gasteiger partial charge in [-0.3, -0.25) is 0 Å². The van der Waals surface area contributed by atoms with Gasteiger partial charge in [-0.15, -0.1) is 0 Å². The van der Waals surface area contributed by atoms with Crippen LogP contribution in [-0.4, -0.2) is 41.0 Å². The molecule has 0 bridgehead atoms. The summed E-state index contributed by atoms with van der Waals surface area (Å²) >= 11 is 0. The highest BCUT2D eigenvalue weighted by Gasteiger charge is 2.16. The topological polar surface area (TPSA) is 71.3 Å². The van der Waals surface area contributed by atoms with Gasteiger partial charge in [-0.25, -0.2) is 0 Å². The average molecular weight is 264 g/mol. The molecule has 1 N–H and O–H groups in total. The van der Waals surface area contributed by atoms with E-state index in [9.17, 15) is 10.1 Å². The predicted molar refractivity (Wildman–Crippen MR) is 74.2 cm³/mol. The van der Waals surface area contributed by atoms with E-state index in [1.807, 2.05) is 0 Å². The Morgan fingerprint density at radius 3 is 2.95 bits per heavy atom. The minimum absolute atomic E-state index is 0.102. The number of anilines is 1. The van der Waals surface area contributed by atoms with Crippen LogP contribution in [0.15, 0.2) is 18.3 Å². The lowest BCUT2D eigenvalue weighted by molar-refractivity contribution is -0.388. The number of nitrogens with zero attached hydrogens (tertiary/aromatic N) is 3. The molecule has 1 aromatic heterocycles. The minimum atomic E-state index is -0.453. The van der Waals surface area contributed by atoms with Gasteiger partial charge in [-0.2, -0.15) is 0 Å². The summed E-state index contributed by atoms with van der Waals surface area (Å²) in [4.78, 5) is 16.5. The van der Waals surface area contributed by atoms with E-state index in [1.54, 1.807) is 12.1 Å². The molecule has 0 unspecified atom stereocenters.